The molecule has 28 heavy (non-hydrogen) atoms. The first-order valence-electron chi connectivity index (χ1n) is 9.19. The summed E-state index contributed by atoms with van der Waals surface area (Å²) in [4.78, 5) is 19.6. The van der Waals surface area contributed by atoms with Gasteiger partial charge in [0.05, 0.1) is 11.1 Å². The topological polar surface area (TPSA) is 108 Å². The highest BCUT2D eigenvalue weighted by Gasteiger charge is 2.32. The lowest BCUT2D eigenvalue weighted by molar-refractivity contribution is -0.114. The number of nitrogen functional groups attached to an aromatic ring is 1. The van der Waals surface area contributed by atoms with Gasteiger partial charge in [-0.1, -0.05) is 24.3 Å². The Hall–Kier alpha value is -2.74. The minimum atomic E-state index is -3.02. The standard InChI is InChI=1S/C20H22N4O3S/c1-28(26,27)6-5-13-3-2-4-15(7-13)17-10-24(16-8-14(9-16)11-25)20-18(17)19(21)22-12-23-20/h2-4,7,10-12,14,16H,5-6,8-9H2,1H3,(H2,21,22,23). The summed E-state index contributed by atoms with van der Waals surface area (Å²) in [5.74, 6) is 0.620. The summed E-state index contributed by atoms with van der Waals surface area (Å²) in [7, 11) is -3.02. The first kappa shape index (κ1) is 18.6. The molecule has 1 saturated carbocycles. The molecule has 2 heterocycles. The molecule has 0 atom stereocenters. The second-order valence-electron chi connectivity index (χ2n) is 7.51. The maximum Gasteiger partial charge on any atom is 0.147 e. The quantitative estimate of drug-likeness (QED) is 0.639. The van der Waals surface area contributed by atoms with Crippen molar-refractivity contribution in [1.82, 2.24) is 14.5 Å². The third-order valence-electron chi connectivity index (χ3n) is 5.37. The lowest BCUT2D eigenvalue weighted by Gasteiger charge is -2.33. The van der Waals surface area contributed by atoms with Gasteiger partial charge in [0.1, 0.15) is 33.9 Å². The number of nitrogens with zero attached hydrogens (tertiary/aromatic N) is 3. The average molecular weight is 398 g/mol. The molecule has 8 heteroatoms. The van der Waals surface area contributed by atoms with Crippen LogP contribution >= 0.6 is 0 Å². The van der Waals surface area contributed by atoms with E-state index in [-0.39, 0.29) is 17.7 Å². The van der Waals surface area contributed by atoms with Gasteiger partial charge in [0.15, 0.2) is 0 Å². The molecule has 0 radical (unpaired) electrons. The van der Waals surface area contributed by atoms with E-state index in [1.54, 1.807) is 0 Å². The Balaban J connectivity index is 1.76. The van der Waals surface area contributed by atoms with Crippen LogP contribution in [0.25, 0.3) is 22.2 Å². The molecule has 4 rings (SSSR count). The molecule has 0 aliphatic heterocycles. The number of hydrogen-bond donors (Lipinski definition) is 1. The highest BCUT2D eigenvalue weighted by atomic mass is 32.2. The van der Waals surface area contributed by atoms with E-state index in [2.05, 4.69) is 14.5 Å². The summed E-state index contributed by atoms with van der Waals surface area (Å²) in [5, 5.41) is 0.789. The van der Waals surface area contributed by atoms with Crippen molar-refractivity contribution < 1.29 is 13.2 Å². The molecule has 1 fully saturated rings. The van der Waals surface area contributed by atoms with Crippen LogP contribution in [0.5, 0.6) is 0 Å². The van der Waals surface area contributed by atoms with Crippen molar-refractivity contribution in [1.29, 1.82) is 0 Å². The Morgan fingerprint density at radius 1 is 1.29 bits per heavy atom. The molecule has 0 bridgehead atoms. The summed E-state index contributed by atoms with van der Waals surface area (Å²) < 4.78 is 25.1. The van der Waals surface area contributed by atoms with E-state index in [4.69, 9.17) is 5.73 Å². The highest BCUT2D eigenvalue weighted by molar-refractivity contribution is 7.90. The van der Waals surface area contributed by atoms with Crippen molar-refractivity contribution in [2.24, 2.45) is 5.92 Å². The minimum Gasteiger partial charge on any atom is -0.383 e. The molecule has 7 nitrogen and oxygen atoms in total. The smallest absolute Gasteiger partial charge is 0.147 e. The summed E-state index contributed by atoms with van der Waals surface area (Å²) in [5.41, 5.74) is 9.75. The Kier molecular flexibility index (Phi) is 4.66. The summed E-state index contributed by atoms with van der Waals surface area (Å²) >= 11 is 0. The second kappa shape index (κ2) is 7.01. The monoisotopic (exact) mass is 398 g/mol. The normalized spacial score (nSPS) is 19.5. The zero-order valence-electron chi connectivity index (χ0n) is 15.6. The molecule has 1 aliphatic rings. The van der Waals surface area contributed by atoms with E-state index < -0.39 is 9.84 Å². The van der Waals surface area contributed by atoms with Crippen LogP contribution in [0.1, 0.15) is 24.4 Å². The Labute approximate surface area is 163 Å². The van der Waals surface area contributed by atoms with Crippen LogP contribution in [-0.4, -0.2) is 41.2 Å². The van der Waals surface area contributed by atoms with Gasteiger partial charge in [-0.25, -0.2) is 18.4 Å². The number of carbonyl (C=O) groups excluding carboxylic acids is 1. The van der Waals surface area contributed by atoms with Crippen molar-refractivity contribution in [3.8, 4) is 11.1 Å². The number of aromatic nitrogens is 3. The third-order valence-corrected chi connectivity index (χ3v) is 6.32. The van der Waals surface area contributed by atoms with Gasteiger partial charge in [-0.05, 0) is 30.4 Å². The van der Waals surface area contributed by atoms with Crippen molar-refractivity contribution >= 4 is 33.0 Å². The van der Waals surface area contributed by atoms with Crippen molar-refractivity contribution in [2.45, 2.75) is 25.3 Å². The number of aldehydes is 1. The molecule has 3 aromatic rings. The zero-order valence-corrected chi connectivity index (χ0v) is 16.4. The van der Waals surface area contributed by atoms with E-state index in [1.165, 1.54) is 12.6 Å². The lowest BCUT2D eigenvalue weighted by atomic mass is 9.81. The number of anilines is 1. The minimum absolute atomic E-state index is 0.101. The molecular weight excluding hydrogens is 376 g/mol. The molecule has 0 spiro atoms. The van der Waals surface area contributed by atoms with E-state index in [0.29, 0.717) is 12.2 Å². The van der Waals surface area contributed by atoms with Gasteiger partial charge in [0.25, 0.3) is 0 Å². The second-order valence-corrected chi connectivity index (χ2v) is 9.77. The first-order valence-corrected chi connectivity index (χ1v) is 11.2. The molecular formula is C20H22N4O3S. The van der Waals surface area contributed by atoms with Gasteiger partial charge in [-0.2, -0.15) is 0 Å². The molecule has 0 amide bonds. The Bertz CT molecular complexity index is 1150. The van der Waals surface area contributed by atoms with Crippen LogP contribution in [0.3, 0.4) is 0 Å². The first-order chi connectivity index (χ1) is 13.4. The molecule has 146 valence electrons. The van der Waals surface area contributed by atoms with E-state index in [9.17, 15) is 13.2 Å². The largest absolute Gasteiger partial charge is 0.383 e. The van der Waals surface area contributed by atoms with E-state index in [1.807, 2.05) is 30.5 Å². The predicted molar refractivity (Wildman–Crippen MR) is 109 cm³/mol. The van der Waals surface area contributed by atoms with Crippen molar-refractivity contribution in [3.63, 3.8) is 0 Å². The molecule has 0 saturated heterocycles. The average Bonchev–Trinajstić information content (AvgIpc) is 3.00. The van der Waals surface area contributed by atoms with Gasteiger partial charge in [-0.3, -0.25) is 0 Å². The number of aryl methyl sites for hydroxylation is 1. The van der Waals surface area contributed by atoms with Crippen LogP contribution in [0.15, 0.2) is 36.8 Å². The van der Waals surface area contributed by atoms with E-state index >= 15 is 0 Å². The van der Waals surface area contributed by atoms with E-state index in [0.717, 1.165) is 46.9 Å². The van der Waals surface area contributed by atoms with Gasteiger partial charge >= 0.3 is 0 Å². The summed E-state index contributed by atoms with van der Waals surface area (Å²) in [6, 6.07) is 8.03. The maximum atomic E-state index is 11.5. The predicted octanol–water partition coefficient (Wildman–Crippen LogP) is 2.42. The van der Waals surface area contributed by atoms with Gasteiger partial charge in [0, 0.05) is 30.0 Å². The van der Waals surface area contributed by atoms with Gasteiger partial charge in [-0.15, -0.1) is 0 Å². The highest BCUT2D eigenvalue weighted by Crippen LogP contribution is 2.42. The van der Waals surface area contributed by atoms with Crippen LogP contribution in [-0.2, 0) is 21.1 Å². The number of carbonyl (C=O) groups is 1. The number of benzene rings is 1. The fourth-order valence-corrected chi connectivity index (χ4v) is 4.38. The number of nitrogens with two attached hydrogens (primary N) is 1. The van der Waals surface area contributed by atoms with Crippen molar-refractivity contribution in [3.05, 3.63) is 42.4 Å². The number of sulfone groups is 1. The molecule has 1 aliphatic carbocycles. The summed E-state index contributed by atoms with van der Waals surface area (Å²) in [6.07, 6.45) is 7.79. The van der Waals surface area contributed by atoms with Crippen LogP contribution < -0.4 is 5.73 Å². The molecule has 1 aromatic carbocycles. The fourth-order valence-electron chi connectivity index (χ4n) is 3.77. The third kappa shape index (κ3) is 3.52. The number of hydrogen-bond acceptors (Lipinski definition) is 6. The Morgan fingerprint density at radius 3 is 2.79 bits per heavy atom. The summed E-state index contributed by atoms with van der Waals surface area (Å²) in [6.45, 7) is 0. The fraction of sp³-hybridized carbons (Fsp3) is 0.350. The van der Waals surface area contributed by atoms with Crippen LogP contribution in [0.2, 0.25) is 0 Å². The SMILES string of the molecule is CS(=O)(=O)CCc1cccc(-c2cn(C3CC(C=O)C3)c3ncnc(N)c23)c1. The van der Waals surface area contributed by atoms with Crippen molar-refractivity contribution in [2.75, 3.05) is 17.7 Å². The van der Waals surface area contributed by atoms with Gasteiger partial charge in [0.2, 0.25) is 0 Å². The van der Waals surface area contributed by atoms with Crippen LogP contribution in [0.4, 0.5) is 5.82 Å². The molecule has 2 aromatic heterocycles. The lowest BCUT2D eigenvalue weighted by Crippen LogP contribution is -2.27. The molecule has 2 N–H and O–H groups in total. The number of fused-ring (bicyclic) bond motifs is 1. The van der Waals surface area contributed by atoms with Gasteiger partial charge < -0.3 is 15.1 Å². The number of rotatable bonds is 6. The van der Waals surface area contributed by atoms with Crippen LogP contribution in [0, 0.1) is 5.92 Å². The molecule has 0 unspecified atom stereocenters. The zero-order chi connectivity index (χ0) is 19.9. The maximum absolute atomic E-state index is 11.5. The Morgan fingerprint density at radius 2 is 2.07 bits per heavy atom.